The monoisotopic (exact) mass is 369 g/mol. The second kappa shape index (κ2) is 7.62. The molecule has 27 heavy (non-hydrogen) atoms. The molecule has 0 radical (unpaired) electrons. The highest BCUT2D eigenvalue weighted by Crippen LogP contribution is 2.35. The van der Waals surface area contributed by atoms with Crippen molar-refractivity contribution in [2.24, 2.45) is 0 Å². The predicted octanol–water partition coefficient (Wildman–Crippen LogP) is 3.97. The number of methoxy groups -OCH3 is 1. The van der Waals surface area contributed by atoms with Crippen molar-refractivity contribution < 1.29 is 14.1 Å². The molecule has 0 aliphatic carbocycles. The molecule has 0 N–H and O–H groups in total. The molecule has 1 unspecified atom stereocenters. The number of anilines is 1. The highest BCUT2D eigenvalue weighted by molar-refractivity contribution is 6.04. The summed E-state index contributed by atoms with van der Waals surface area (Å²) in [5.41, 5.74) is 1.46. The largest absolute Gasteiger partial charge is 0.497 e. The van der Waals surface area contributed by atoms with Crippen molar-refractivity contribution in [3.8, 4) is 17.1 Å². The summed E-state index contributed by atoms with van der Waals surface area (Å²) < 4.78 is 11.0. The van der Waals surface area contributed by atoms with Crippen molar-refractivity contribution >= 4 is 11.7 Å². The van der Waals surface area contributed by atoms with Gasteiger partial charge in [-0.05, 0) is 63.3 Å². The number of hydrogen-bond acceptors (Lipinski definition) is 5. The minimum atomic E-state index is 0.0381. The SMILES string of the molecule is COc1ccc(-c2onc(N3CCCC3)c2C(=O)N2CCCCC2C)cc1. The zero-order valence-electron chi connectivity index (χ0n) is 16.1. The van der Waals surface area contributed by atoms with Gasteiger partial charge in [0.05, 0.1) is 7.11 Å². The van der Waals surface area contributed by atoms with Gasteiger partial charge in [-0.2, -0.15) is 0 Å². The summed E-state index contributed by atoms with van der Waals surface area (Å²) in [5.74, 6) is 2.06. The zero-order chi connectivity index (χ0) is 18.8. The standard InChI is InChI=1S/C21H27N3O3/c1-15-7-3-4-14-24(15)21(25)18-19(16-8-10-17(26-2)11-9-16)27-22-20(18)23-12-5-6-13-23/h8-11,15H,3-7,12-14H2,1-2H3. The molecule has 2 saturated heterocycles. The van der Waals surface area contributed by atoms with E-state index >= 15 is 0 Å². The number of carbonyl (C=O) groups excluding carboxylic acids is 1. The average Bonchev–Trinajstić information content (AvgIpc) is 3.37. The molecule has 1 atom stereocenters. The number of ether oxygens (including phenoxy) is 1. The second-order valence-electron chi connectivity index (χ2n) is 7.48. The van der Waals surface area contributed by atoms with Gasteiger partial charge in [-0.1, -0.05) is 5.16 Å². The van der Waals surface area contributed by atoms with E-state index in [1.807, 2.05) is 29.2 Å². The Morgan fingerprint density at radius 3 is 2.48 bits per heavy atom. The Labute approximate surface area is 160 Å². The Bertz CT molecular complexity index is 794. The van der Waals surface area contributed by atoms with Crippen molar-refractivity contribution in [1.82, 2.24) is 10.1 Å². The number of carbonyl (C=O) groups is 1. The van der Waals surface area contributed by atoms with Crippen LogP contribution in [0.15, 0.2) is 28.8 Å². The third-order valence-electron chi connectivity index (χ3n) is 5.71. The van der Waals surface area contributed by atoms with Gasteiger partial charge in [-0.3, -0.25) is 4.79 Å². The fourth-order valence-electron chi connectivity index (χ4n) is 4.10. The van der Waals surface area contributed by atoms with Crippen LogP contribution in [0.4, 0.5) is 5.82 Å². The van der Waals surface area contributed by atoms with Crippen LogP contribution in [0.3, 0.4) is 0 Å². The van der Waals surface area contributed by atoms with Gasteiger partial charge in [0, 0.05) is 31.2 Å². The quantitative estimate of drug-likeness (QED) is 0.816. The Morgan fingerprint density at radius 1 is 1.11 bits per heavy atom. The molecule has 1 aromatic heterocycles. The lowest BCUT2D eigenvalue weighted by molar-refractivity contribution is 0.0636. The number of likely N-dealkylation sites (tertiary alicyclic amines) is 1. The van der Waals surface area contributed by atoms with Gasteiger partial charge in [0.1, 0.15) is 11.3 Å². The molecule has 1 aromatic carbocycles. The molecule has 6 nitrogen and oxygen atoms in total. The molecule has 2 aromatic rings. The van der Waals surface area contributed by atoms with Crippen LogP contribution in [0.2, 0.25) is 0 Å². The fraction of sp³-hybridized carbons (Fsp3) is 0.524. The van der Waals surface area contributed by atoms with Crippen LogP contribution in [-0.4, -0.2) is 48.7 Å². The van der Waals surface area contributed by atoms with E-state index in [1.54, 1.807) is 7.11 Å². The van der Waals surface area contributed by atoms with Crippen molar-refractivity contribution in [1.29, 1.82) is 0 Å². The van der Waals surface area contributed by atoms with E-state index in [4.69, 9.17) is 9.26 Å². The molecule has 0 bridgehead atoms. The van der Waals surface area contributed by atoms with Crippen LogP contribution in [0.1, 0.15) is 49.4 Å². The maximum atomic E-state index is 13.5. The maximum absolute atomic E-state index is 13.5. The summed E-state index contributed by atoms with van der Waals surface area (Å²) in [7, 11) is 1.64. The van der Waals surface area contributed by atoms with E-state index < -0.39 is 0 Å². The maximum Gasteiger partial charge on any atom is 0.261 e. The molecule has 144 valence electrons. The fourth-order valence-corrected chi connectivity index (χ4v) is 4.10. The third-order valence-corrected chi connectivity index (χ3v) is 5.71. The van der Waals surface area contributed by atoms with Gasteiger partial charge in [0.15, 0.2) is 11.6 Å². The lowest BCUT2D eigenvalue weighted by Crippen LogP contribution is -2.42. The summed E-state index contributed by atoms with van der Waals surface area (Å²) in [5, 5.41) is 4.33. The van der Waals surface area contributed by atoms with Crippen LogP contribution >= 0.6 is 0 Å². The average molecular weight is 369 g/mol. The normalized spacial score (nSPS) is 20.1. The third kappa shape index (κ3) is 3.40. The van der Waals surface area contributed by atoms with E-state index in [2.05, 4.69) is 17.0 Å². The van der Waals surface area contributed by atoms with E-state index in [0.29, 0.717) is 17.1 Å². The van der Waals surface area contributed by atoms with E-state index in [0.717, 1.165) is 56.6 Å². The lowest BCUT2D eigenvalue weighted by Gasteiger charge is -2.33. The van der Waals surface area contributed by atoms with E-state index in [1.165, 1.54) is 6.42 Å². The molecular formula is C21H27N3O3. The number of hydrogen-bond donors (Lipinski definition) is 0. The summed E-state index contributed by atoms with van der Waals surface area (Å²) in [6.07, 6.45) is 5.53. The molecule has 2 aliphatic rings. The minimum Gasteiger partial charge on any atom is -0.497 e. The van der Waals surface area contributed by atoms with Gasteiger partial charge in [0.25, 0.3) is 5.91 Å². The van der Waals surface area contributed by atoms with E-state index in [9.17, 15) is 4.79 Å². The Morgan fingerprint density at radius 2 is 1.81 bits per heavy atom. The highest BCUT2D eigenvalue weighted by Gasteiger charge is 2.34. The number of amides is 1. The highest BCUT2D eigenvalue weighted by atomic mass is 16.5. The van der Waals surface area contributed by atoms with Crippen LogP contribution in [0.25, 0.3) is 11.3 Å². The van der Waals surface area contributed by atoms with Crippen molar-refractivity contribution in [3.05, 3.63) is 29.8 Å². The Hall–Kier alpha value is -2.50. The second-order valence-corrected chi connectivity index (χ2v) is 7.48. The van der Waals surface area contributed by atoms with E-state index in [-0.39, 0.29) is 11.9 Å². The molecule has 0 spiro atoms. The summed E-state index contributed by atoms with van der Waals surface area (Å²) in [6, 6.07) is 7.85. The molecule has 4 rings (SSSR count). The number of benzene rings is 1. The first kappa shape index (κ1) is 17.9. The Kier molecular flexibility index (Phi) is 5.05. The topological polar surface area (TPSA) is 58.8 Å². The molecule has 3 heterocycles. The van der Waals surface area contributed by atoms with Gasteiger partial charge >= 0.3 is 0 Å². The first-order chi connectivity index (χ1) is 13.2. The molecule has 6 heteroatoms. The number of nitrogens with zero attached hydrogens (tertiary/aromatic N) is 3. The van der Waals surface area contributed by atoms with Gasteiger partial charge in [-0.25, -0.2) is 0 Å². The molecule has 0 saturated carbocycles. The molecule has 2 fully saturated rings. The number of rotatable bonds is 4. The van der Waals surface area contributed by atoms with Gasteiger partial charge in [-0.15, -0.1) is 0 Å². The lowest BCUT2D eigenvalue weighted by atomic mass is 10.0. The van der Waals surface area contributed by atoms with Crippen LogP contribution in [0, 0.1) is 0 Å². The first-order valence-electron chi connectivity index (χ1n) is 9.89. The zero-order valence-corrected chi connectivity index (χ0v) is 16.1. The minimum absolute atomic E-state index is 0.0381. The van der Waals surface area contributed by atoms with Crippen molar-refractivity contribution in [2.75, 3.05) is 31.6 Å². The van der Waals surface area contributed by atoms with Crippen LogP contribution in [0.5, 0.6) is 5.75 Å². The predicted molar refractivity (Wildman–Crippen MR) is 104 cm³/mol. The summed E-state index contributed by atoms with van der Waals surface area (Å²) in [4.78, 5) is 17.7. The van der Waals surface area contributed by atoms with Crippen molar-refractivity contribution in [2.45, 2.75) is 45.1 Å². The Balaban J connectivity index is 1.75. The van der Waals surface area contributed by atoms with Gasteiger partial charge in [0.2, 0.25) is 0 Å². The first-order valence-corrected chi connectivity index (χ1v) is 9.89. The van der Waals surface area contributed by atoms with Crippen LogP contribution in [-0.2, 0) is 0 Å². The summed E-state index contributed by atoms with van der Waals surface area (Å²) in [6.45, 7) is 4.77. The summed E-state index contributed by atoms with van der Waals surface area (Å²) >= 11 is 0. The molecule has 2 aliphatic heterocycles. The number of piperidine rings is 1. The van der Waals surface area contributed by atoms with Crippen molar-refractivity contribution in [3.63, 3.8) is 0 Å². The molecular weight excluding hydrogens is 342 g/mol. The van der Waals surface area contributed by atoms with Gasteiger partial charge < -0.3 is 19.1 Å². The smallest absolute Gasteiger partial charge is 0.261 e. The van der Waals surface area contributed by atoms with Crippen LogP contribution < -0.4 is 9.64 Å². The molecule has 1 amide bonds. The number of aromatic nitrogens is 1.